The molecule has 0 saturated heterocycles. The highest BCUT2D eigenvalue weighted by atomic mass is 32.2. The summed E-state index contributed by atoms with van der Waals surface area (Å²) in [7, 11) is -3.62. The van der Waals surface area contributed by atoms with Crippen LogP contribution in [-0.2, 0) is 21.2 Å². The Morgan fingerprint density at radius 1 is 1.09 bits per heavy atom. The zero-order valence-electron chi connectivity index (χ0n) is 12.3. The lowest BCUT2D eigenvalue weighted by Gasteiger charge is -2.07. The second-order valence-electron chi connectivity index (χ2n) is 4.88. The summed E-state index contributed by atoms with van der Waals surface area (Å²) in [6.45, 7) is 0.293. The Morgan fingerprint density at radius 2 is 1.83 bits per heavy atom. The number of hydrogen-bond acceptors (Lipinski definition) is 3. The number of sulfonamides is 1. The van der Waals surface area contributed by atoms with Crippen molar-refractivity contribution in [2.24, 2.45) is 0 Å². The van der Waals surface area contributed by atoms with E-state index in [1.54, 1.807) is 12.1 Å². The number of aliphatic carboxylic acids is 1. The van der Waals surface area contributed by atoms with Gasteiger partial charge in [-0.2, -0.15) is 0 Å². The quantitative estimate of drug-likeness (QED) is 0.763. The number of carboxylic acid groups (broad SMARTS) is 1. The van der Waals surface area contributed by atoms with Gasteiger partial charge in [-0.1, -0.05) is 42.5 Å². The molecule has 2 rings (SSSR count). The van der Waals surface area contributed by atoms with Crippen LogP contribution in [0.3, 0.4) is 0 Å². The molecule has 0 aliphatic rings. The molecule has 0 saturated carbocycles. The molecule has 2 aromatic carbocycles. The Kier molecular flexibility index (Phi) is 5.67. The first-order chi connectivity index (χ1) is 11.0. The summed E-state index contributed by atoms with van der Waals surface area (Å²) in [5, 5.41) is 8.61. The second-order valence-corrected chi connectivity index (χ2v) is 6.64. The first-order valence-corrected chi connectivity index (χ1v) is 8.50. The van der Waals surface area contributed by atoms with Gasteiger partial charge in [0, 0.05) is 12.6 Å². The number of hydrogen-bond donors (Lipinski definition) is 2. The Balaban J connectivity index is 2.04. The van der Waals surface area contributed by atoms with Gasteiger partial charge in [-0.25, -0.2) is 17.9 Å². The third-order valence-electron chi connectivity index (χ3n) is 3.14. The van der Waals surface area contributed by atoms with Crippen molar-refractivity contribution < 1.29 is 18.3 Å². The Morgan fingerprint density at radius 3 is 2.52 bits per heavy atom. The van der Waals surface area contributed by atoms with Crippen molar-refractivity contribution in [2.75, 3.05) is 6.54 Å². The minimum atomic E-state index is -3.62. The van der Waals surface area contributed by atoms with Gasteiger partial charge in [0.25, 0.3) is 0 Å². The summed E-state index contributed by atoms with van der Waals surface area (Å²) in [6, 6.07) is 15.7. The smallest absolute Gasteiger partial charge is 0.328 e. The van der Waals surface area contributed by atoms with E-state index in [0.717, 1.165) is 11.6 Å². The summed E-state index contributed by atoms with van der Waals surface area (Å²) in [5.74, 6) is -1.08. The topological polar surface area (TPSA) is 83.5 Å². The van der Waals surface area contributed by atoms with Gasteiger partial charge in [-0.3, -0.25) is 0 Å². The van der Waals surface area contributed by atoms with E-state index in [1.807, 2.05) is 30.3 Å². The van der Waals surface area contributed by atoms with Crippen LogP contribution in [0.5, 0.6) is 0 Å². The minimum absolute atomic E-state index is 0.109. The molecule has 0 aliphatic carbocycles. The minimum Gasteiger partial charge on any atom is -0.478 e. The maximum atomic E-state index is 12.3. The summed E-state index contributed by atoms with van der Waals surface area (Å²) >= 11 is 0. The lowest BCUT2D eigenvalue weighted by Crippen LogP contribution is -2.26. The van der Waals surface area contributed by atoms with Gasteiger partial charge < -0.3 is 5.11 Å². The van der Waals surface area contributed by atoms with Crippen LogP contribution in [0.2, 0.25) is 0 Å². The van der Waals surface area contributed by atoms with E-state index in [2.05, 4.69) is 4.72 Å². The molecule has 0 aromatic heterocycles. The molecule has 2 N–H and O–H groups in total. The summed E-state index contributed by atoms with van der Waals surface area (Å²) in [6.07, 6.45) is 2.92. The lowest BCUT2D eigenvalue weighted by atomic mass is 10.2. The van der Waals surface area contributed by atoms with Gasteiger partial charge in [-0.15, -0.1) is 0 Å². The van der Waals surface area contributed by atoms with Crippen molar-refractivity contribution in [3.63, 3.8) is 0 Å². The summed E-state index contributed by atoms with van der Waals surface area (Å²) in [4.78, 5) is 10.6. The van der Waals surface area contributed by atoms with Gasteiger partial charge in [0.05, 0.1) is 4.90 Å². The molecule has 6 heteroatoms. The third kappa shape index (κ3) is 5.36. The fourth-order valence-corrected chi connectivity index (χ4v) is 3.10. The van der Waals surface area contributed by atoms with Crippen LogP contribution in [-0.4, -0.2) is 26.0 Å². The van der Waals surface area contributed by atoms with Crippen LogP contribution in [0, 0.1) is 0 Å². The number of rotatable bonds is 7. The molecule has 0 fully saturated rings. The van der Waals surface area contributed by atoms with Gasteiger partial charge in [0.1, 0.15) is 0 Å². The van der Waals surface area contributed by atoms with Crippen LogP contribution in [0.1, 0.15) is 11.1 Å². The first-order valence-electron chi connectivity index (χ1n) is 7.02. The van der Waals surface area contributed by atoms with Crippen LogP contribution in [0.15, 0.2) is 65.6 Å². The molecule has 0 radical (unpaired) electrons. The van der Waals surface area contributed by atoms with Crippen molar-refractivity contribution in [1.29, 1.82) is 0 Å². The standard InChI is InChI=1S/C17H17NO4S/c19-17(20)10-9-15-7-4-8-16(13-15)23(21,22)18-12-11-14-5-2-1-3-6-14/h1-10,13,18H,11-12H2,(H,19,20). The fourth-order valence-electron chi connectivity index (χ4n) is 2.01. The number of benzene rings is 2. The molecule has 120 valence electrons. The van der Waals surface area contributed by atoms with E-state index >= 15 is 0 Å². The van der Waals surface area contributed by atoms with E-state index < -0.39 is 16.0 Å². The van der Waals surface area contributed by atoms with Crippen molar-refractivity contribution in [1.82, 2.24) is 4.72 Å². The molecule has 5 nitrogen and oxygen atoms in total. The Labute approximate surface area is 135 Å². The molecule has 0 amide bonds. The van der Waals surface area contributed by atoms with E-state index in [0.29, 0.717) is 18.5 Å². The zero-order chi connectivity index (χ0) is 16.7. The molecule has 0 unspecified atom stereocenters. The third-order valence-corrected chi connectivity index (χ3v) is 4.59. The SMILES string of the molecule is O=C(O)C=Cc1cccc(S(=O)(=O)NCCc2ccccc2)c1. The predicted molar refractivity (Wildman–Crippen MR) is 88.4 cm³/mol. The maximum absolute atomic E-state index is 12.3. The van der Waals surface area contributed by atoms with Crippen LogP contribution in [0.25, 0.3) is 6.08 Å². The molecule has 0 atom stereocenters. The summed E-state index contributed by atoms with van der Waals surface area (Å²) < 4.78 is 27.1. The Bertz CT molecular complexity index is 798. The van der Waals surface area contributed by atoms with Gasteiger partial charge in [0.15, 0.2) is 0 Å². The molecule has 0 aliphatic heterocycles. The Hall–Kier alpha value is -2.44. The van der Waals surface area contributed by atoms with E-state index in [1.165, 1.54) is 18.2 Å². The number of nitrogens with one attached hydrogen (secondary N) is 1. The van der Waals surface area contributed by atoms with E-state index in [4.69, 9.17) is 5.11 Å². The number of carbonyl (C=O) groups is 1. The molecule has 0 heterocycles. The first kappa shape index (κ1) is 16.9. The van der Waals surface area contributed by atoms with Crippen molar-refractivity contribution >= 4 is 22.1 Å². The molecular weight excluding hydrogens is 314 g/mol. The van der Waals surface area contributed by atoms with Crippen molar-refractivity contribution in [3.8, 4) is 0 Å². The van der Waals surface area contributed by atoms with Crippen LogP contribution >= 0.6 is 0 Å². The molecule has 0 spiro atoms. The molecule has 0 bridgehead atoms. The lowest BCUT2D eigenvalue weighted by molar-refractivity contribution is -0.131. The van der Waals surface area contributed by atoms with Crippen molar-refractivity contribution in [2.45, 2.75) is 11.3 Å². The van der Waals surface area contributed by atoms with Crippen LogP contribution < -0.4 is 4.72 Å². The van der Waals surface area contributed by atoms with Crippen molar-refractivity contribution in [3.05, 3.63) is 71.8 Å². The fraction of sp³-hybridized carbons (Fsp3) is 0.118. The predicted octanol–water partition coefficient (Wildman–Crippen LogP) is 2.31. The molecule has 2 aromatic rings. The highest BCUT2D eigenvalue weighted by Crippen LogP contribution is 2.13. The van der Waals surface area contributed by atoms with Gasteiger partial charge >= 0.3 is 5.97 Å². The van der Waals surface area contributed by atoms with Gasteiger partial charge in [-0.05, 0) is 35.8 Å². The molecule has 23 heavy (non-hydrogen) atoms. The normalized spacial score (nSPS) is 11.7. The second kappa shape index (κ2) is 7.71. The zero-order valence-corrected chi connectivity index (χ0v) is 13.2. The average molecular weight is 331 g/mol. The van der Waals surface area contributed by atoms with E-state index in [9.17, 15) is 13.2 Å². The number of carboxylic acids is 1. The maximum Gasteiger partial charge on any atom is 0.328 e. The van der Waals surface area contributed by atoms with Crippen LogP contribution in [0.4, 0.5) is 0 Å². The summed E-state index contributed by atoms with van der Waals surface area (Å²) in [5.41, 5.74) is 1.56. The highest BCUT2D eigenvalue weighted by Gasteiger charge is 2.13. The highest BCUT2D eigenvalue weighted by molar-refractivity contribution is 7.89. The monoisotopic (exact) mass is 331 g/mol. The average Bonchev–Trinajstić information content (AvgIpc) is 2.54. The van der Waals surface area contributed by atoms with Gasteiger partial charge in [0.2, 0.25) is 10.0 Å². The molecular formula is C17H17NO4S. The largest absolute Gasteiger partial charge is 0.478 e. The van der Waals surface area contributed by atoms with E-state index in [-0.39, 0.29) is 4.90 Å².